The first-order chi connectivity index (χ1) is 8.16. The Morgan fingerprint density at radius 1 is 1.47 bits per heavy atom. The molecule has 2 aromatic heterocycles. The van der Waals surface area contributed by atoms with E-state index in [0.717, 1.165) is 13.1 Å². The number of aromatic carboxylic acids is 1. The lowest BCUT2D eigenvalue weighted by Gasteiger charge is -2.25. The molecule has 1 fully saturated rings. The van der Waals surface area contributed by atoms with Gasteiger partial charge in [-0.1, -0.05) is 0 Å². The number of aromatic nitrogens is 2. The Morgan fingerprint density at radius 3 is 2.82 bits per heavy atom. The van der Waals surface area contributed by atoms with Crippen LogP contribution in [0.1, 0.15) is 22.2 Å². The zero-order valence-corrected chi connectivity index (χ0v) is 8.92. The Balaban J connectivity index is 2.26. The van der Waals surface area contributed by atoms with Crippen LogP contribution in [0.5, 0.6) is 5.75 Å². The molecule has 2 aromatic rings. The van der Waals surface area contributed by atoms with Crippen LogP contribution in [0.25, 0.3) is 5.52 Å². The van der Waals surface area contributed by atoms with E-state index in [1.165, 1.54) is 12.3 Å². The minimum Gasteiger partial charge on any atom is -0.506 e. The van der Waals surface area contributed by atoms with Gasteiger partial charge in [0.1, 0.15) is 11.6 Å². The summed E-state index contributed by atoms with van der Waals surface area (Å²) in [6, 6.07) is 3.04. The van der Waals surface area contributed by atoms with Gasteiger partial charge in [-0.3, -0.25) is 4.40 Å². The monoisotopic (exact) mass is 233 g/mol. The van der Waals surface area contributed by atoms with Crippen LogP contribution in [-0.2, 0) is 0 Å². The third-order valence-electron chi connectivity index (χ3n) is 3.00. The minimum atomic E-state index is -1.05. The van der Waals surface area contributed by atoms with E-state index in [-0.39, 0.29) is 17.4 Å². The number of hydrogen-bond acceptors (Lipinski definition) is 4. The summed E-state index contributed by atoms with van der Waals surface area (Å²) < 4.78 is 1.66. The lowest BCUT2D eigenvalue weighted by atomic mass is 10.0. The van der Waals surface area contributed by atoms with E-state index in [0.29, 0.717) is 11.3 Å². The van der Waals surface area contributed by atoms with Gasteiger partial charge in [-0.05, 0) is 12.1 Å². The molecule has 0 amide bonds. The molecule has 0 radical (unpaired) electrons. The van der Waals surface area contributed by atoms with Crippen LogP contribution < -0.4 is 5.32 Å². The number of carbonyl (C=O) groups is 1. The second-order valence-electron chi connectivity index (χ2n) is 4.12. The number of hydrogen-bond donors (Lipinski definition) is 3. The number of carboxylic acids is 1. The lowest BCUT2D eigenvalue weighted by molar-refractivity contribution is 0.0693. The molecule has 3 heterocycles. The van der Waals surface area contributed by atoms with E-state index in [1.807, 2.05) is 0 Å². The fourth-order valence-electron chi connectivity index (χ4n) is 2.01. The van der Waals surface area contributed by atoms with Crippen molar-refractivity contribution in [2.75, 3.05) is 13.1 Å². The topological polar surface area (TPSA) is 86.9 Å². The van der Waals surface area contributed by atoms with Crippen LogP contribution >= 0.6 is 0 Å². The molecule has 0 unspecified atom stereocenters. The first-order valence-electron chi connectivity index (χ1n) is 5.32. The summed E-state index contributed by atoms with van der Waals surface area (Å²) in [5, 5.41) is 21.7. The summed E-state index contributed by atoms with van der Waals surface area (Å²) in [6.07, 6.45) is 1.50. The molecule has 3 N–H and O–H groups in total. The summed E-state index contributed by atoms with van der Waals surface area (Å²) >= 11 is 0. The van der Waals surface area contributed by atoms with E-state index in [2.05, 4.69) is 10.3 Å². The summed E-state index contributed by atoms with van der Waals surface area (Å²) in [5.74, 6) is -0.0588. The zero-order chi connectivity index (χ0) is 12.0. The third kappa shape index (κ3) is 1.45. The van der Waals surface area contributed by atoms with Crippen molar-refractivity contribution in [2.45, 2.75) is 5.92 Å². The van der Waals surface area contributed by atoms with Gasteiger partial charge >= 0.3 is 5.97 Å². The molecule has 6 heteroatoms. The third-order valence-corrected chi connectivity index (χ3v) is 3.00. The van der Waals surface area contributed by atoms with Crippen molar-refractivity contribution in [2.24, 2.45) is 0 Å². The van der Waals surface area contributed by atoms with Gasteiger partial charge in [0.05, 0.1) is 11.7 Å². The van der Waals surface area contributed by atoms with Crippen molar-refractivity contribution in [3.8, 4) is 5.75 Å². The predicted octanol–water partition coefficient (Wildman–Crippen LogP) is 0.425. The highest BCUT2D eigenvalue weighted by atomic mass is 16.4. The molecule has 3 rings (SSSR count). The van der Waals surface area contributed by atoms with Gasteiger partial charge in [-0.2, -0.15) is 0 Å². The van der Waals surface area contributed by atoms with E-state index in [1.54, 1.807) is 10.5 Å². The summed E-state index contributed by atoms with van der Waals surface area (Å²) in [5.41, 5.74) is 0.545. The SMILES string of the molecule is O=C(O)c1nc(C2CNC2)n2cc(O)ccc12. The molecule has 6 nitrogen and oxygen atoms in total. The Morgan fingerprint density at radius 2 is 2.24 bits per heavy atom. The molecular formula is C11H11N3O3. The Kier molecular flexibility index (Phi) is 2.05. The molecule has 17 heavy (non-hydrogen) atoms. The van der Waals surface area contributed by atoms with Crippen molar-refractivity contribution >= 4 is 11.5 Å². The van der Waals surface area contributed by atoms with Crippen molar-refractivity contribution in [1.82, 2.24) is 14.7 Å². The zero-order valence-electron chi connectivity index (χ0n) is 8.92. The van der Waals surface area contributed by atoms with Gasteiger partial charge < -0.3 is 15.5 Å². The Labute approximate surface area is 96.5 Å². The average molecular weight is 233 g/mol. The van der Waals surface area contributed by atoms with Gasteiger partial charge in [0.15, 0.2) is 5.69 Å². The quantitative estimate of drug-likeness (QED) is 0.700. The fraction of sp³-hybridized carbons (Fsp3) is 0.273. The van der Waals surface area contributed by atoms with Crippen LogP contribution in [0, 0.1) is 0 Å². The van der Waals surface area contributed by atoms with Crippen LogP contribution in [-0.4, -0.2) is 38.7 Å². The first kappa shape index (κ1) is 10.1. The highest BCUT2D eigenvalue weighted by Crippen LogP contribution is 2.24. The summed E-state index contributed by atoms with van der Waals surface area (Å²) in [6.45, 7) is 1.57. The number of carboxylic acid groups (broad SMARTS) is 1. The smallest absolute Gasteiger partial charge is 0.356 e. The molecule has 0 spiro atoms. The van der Waals surface area contributed by atoms with E-state index < -0.39 is 5.97 Å². The van der Waals surface area contributed by atoms with E-state index in [9.17, 15) is 9.90 Å². The van der Waals surface area contributed by atoms with Crippen LogP contribution in [0.2, 0.25) is 0 Å². The van der Waals surface area contributed by atoms with Crippen LogP contribution in [0.4, 0.5) is 0 Å². The number of nitrogens with zero attached hydrogens (tertiary/aromatic N) is 2. The van der Waals surface area contributed by atoms with Gasteiger partial charge in [-0.25, -0.2) is 9.78 Å². The number of pyridine rings is 1. The maximum Gasteiger partial charge on any atom is 0.356 e. The molecule has 1 aliphatic heterocycles. The molecule has 0 aliphatic carbocycles. The molecule has 1 aliphatic rings. The standard InChI is InChI=1S/C11H11N3O3/c15-7-1-2-8-9(11(16)17)13-10(14(8)5-7)6-3-12-4-6/h1-2,5-6,12,15H,3-4H2,(H,16,17). The minimum absolute atomic E-state index is 0.0342. The normalized spacial score (nSPS) is 16.0. The highest BCUT2D eigenvalue weighted by Gasteiger charge is 2.26. The number of rotatable bonds is 2. The number of fused-ring (bicyclic) bond motifs is 1. The maximum absolute atomic E-state index is 11.1. The lowest BCUT2D eigenvalue weighted by Crippen LogP contribution is -2.40. The molecule has 1 saturated heterocycles. The van der Waals surface area contributed by atoms with E-state index in [4.69, 9.17) is 5.11 Å². The van der Waals surface area contributed by atoms with Crippen LogP contribution in [0.3, 0.4) is 0 Å². The Bertz CT molecular complexity index is 601. The second-order valence-corrected chi connectivity index (χ2v) is 4.12. The molecule has 0 aromatic carbocycles. The van der Waals surface area contributed by atoms with Crippen molar-refractivity contribution in [3.63, 3.8) is 0 Å². The van der Waals surface area contributed by atoms with Crippen molar-refractivity contribution < 1.29 is 15.0 Å². The second kappa shape index (κ2) is 3.46. The number of imidazole rings is 1. The highest BCUT2D eigenvalue weighted by molar-refractivity contribution is 5.93. The molecular weight excluding hydrogens is 222 g/mol. The average Bonchev–Trinajstić information content (AvgIpc) is 2.55. The van der Waals surface area contributed by atoms with Gasteiger partial charge in [-0.15, -0.1) is 0 Å². The number of nitrogens with one attached hydrogen (secondary N) is 1. The molecule has 0 saturated carbocycles. The van der Waals surface area contributed by atoms with Gasteiger partial charge in [0.2, 0.25) is 0 Å². The van der Waals surface area contributed by atoms with Gasteiger partial charge in [0, 0.05) is 19.0 Å². The van der Waals surface area contributed by atoms with Crippen molar-refractivity contribution in [1.29, 1.82) is 0 Å². The van der Waals surface area contributed by atoms with Crippen LogP contribution in [0.15, 0.2) is 18.3 Å². The van der Waals surface area contributed by atoms with Crippen molar-refractivity contribution in [3.05, 3.63) is 29.8 Å². The van der Waals surface area contributed by atoms with E-state index >= 15 is 0 Å². The molecule has 0 atom stereocenters. The molecule has 88 valence electrons. The first-order valence-corrected chi connectivity index (χ1v) is 5.32. The summed E-state index contributed by atoms with van der Waals surface area (Å²) in [4.78, 5) is 15.3. The Hall–Kier alpha value is -2.08. The number of aromatic hydroxyl groups is 1. The predicted molar refractivity (Wildman–Crippen MR) is 59.4 cm³/mol. The fourth-order valence-corrected chi connectivity index (χ4v) is 2.01. The largest absolute Gasteiger partial charge is 0.506 e. The van der Waals surface area contributed by atoms with Gasteiger partial charge in [0.25, 0.3) is 0 Å². The molecule has 0 bridgehead atoms. The summed E-state index contributed by atoms with van der Waals surface area (Å²) in [7, 11) is 0. The maximum atomic E-state index is 11.1.